The number of hydrogen-bond acceptors (Lipinski definition) is 4. The van der Waals surface area contributed by atoms with E-state index in [0.29, 0.717) is 13.0 Å². The lowest BCUT2D eigenvalue weighted by molar-refractivity contribution is -0.137. The van der Waals surface area contributed by atoms with Crippen molar-refractivity contribution in [2.24, 2.45) is 0 Å². The molecule has 0 spiro atoms. The Morgan fingerprint density at radius 3 is 2.62 bits per heavy atom. The second-order valence-corrected chi connectivity index (χ2v) is 12.1. The van der Waals surface area contributed by atoms with Crippen LogP contribution in [0.15, 0.2) is 22.3 Å². The molecule has 21 heavy (non-hydrogen) atoms. The molecule has 0 aliphatic carbocycles. The molecule has 0 aromatic heterocycles. The number of halogens is 1. The third-order valence-corrected chi connectivity index (χ3v) is 4.68. The highest BCUT2D eigenvalue weighted by atomic mass is 127. The number of hydrogen-bond donors (Lipinski definition) is 0. The fourth-order valence-corrected chi connectivity index (χ4v) is 2.56. The molecule has 0 aromatic rings. The smallest absolute Gasteiger partial charge is 0.330 e. The fourth-order valence-electron chi connectivity index (χ4n) is 1.34. The molecule has 0 amide bonds. The van der Waals surface area contributed by atoms with Crippen LogP contribution in [0.25, 0.3) is 0 Å². The minimum Gasteiger partial charge on any atom is -0.463 e. The summed E-state index contributed by atoms with van der Waals surface area (Å²) in [5.41, 5.74) is 0. The molecule has 0 N–H and O–H groups in total. The van der Waals surface area contributed by atoms with Crippen LogP contribution in [0, 0.1) is 0 Å². The van der Waals surface area contributed by atoms with Gasteiger partial charge < -0.3 is 14.2 Å². The quantitative estimate of drug-likeness (QED) is 0.124. The molecule has 0 fully saturated rings. The molecule has 1 atom stereocenters. The van der Waals surface area contributed by atoms with Crippen LogP contribution in [0.3, 0.4) is 0 Å². The van der Waals surface area contributed by atoms with Gasteiger partial charge in [-0.1, -0.05) is 48.3 Å². The molecular formula is C15H27IO4Si. The van der Waals surface area contributed by atoms with Crippen molar-refractivity contribution in [3.8, 4) is 0 Å². The Labute approximate surface area is 143 Å². The zero-order valence-corrected chi connectivity index (χ0v) is 16.6. The van der Waals surface area contributed by atoms with Crippen molar-refractivity contribution in [2.75, 3.05) is 20.0 Å². The lowest BCUT2D eigenvalue weighted by Crippen LogP contribution is -2.22. The topological polar surface area (TPSA) is 44.8 Å². The summed E-state index contributed by atoms with van der Waals surface area (Å²) in [5.74, 6) is -0.318. The van der Waals surface area contributed by atoms with Crippen LogP contribution in [0.2, 0.25) is 25.7 Å². The first-order valence-corrected chi connectivity index (χ1v) is 12.1. The lowest BCUT2D eigenvalue weighted by Gasteiger charge is -2.16. The van der Waals surface area contributed by atoms with Crippen molar-refractivity contribution in [1.82, 2.24) is 0 Å². The zero-order chi connectivity index (χ0) is 16.1. The molecule has 0 heterocycles. The van der Waals surface area contributed by atoms with E-state index < -0.39 is 8.07 Å². The Bertz CT molecular complexity index is 337. The van der Waals surface area contributed by atoms with E-state index in [1.807, 2.05) is 10.2 Å². The first-order valence-electron chi connectivity index (χ1n) is 7.18. The highest BCUT2D eigenvalue weighted by Gasteiger charge is 2.12. The molecule has 0 saturated heterocycles. The summed E-state index contributed by atoms with van der Waals surface area (Å²) >= 11 is 2.15. The Kier molecular flexibility index (Phi) is 12.3. The van der Waals surface area contributed by atoms with Crippen molar-refractivity contribution in [2.45, 2.75) is 45.1 Å². The summed E-state index contributed by atoms with van der Waals surface area (Å²) in [7, 11) is -1.05. The summed E-state index contributed by atoms with van der Waals surface area (Å²) in [6, 6.07) is 1.13. The van der Waals surface area contributed by atoms with Crippen molar-refractivity contribution < 1.29 is 19.0 Å². The second-order valence-electron chi connectivity index (χ2n) is 5.75. The molecular weight excluding hydrogens is 399 g/mol. The molecule has 0 aliphatic rings. The van der Waals surface area contributed by atoms with Crippen molar-refractivity contribution in [1.29, 1.82) is 0 Å². The van der Waals surface area contributed by atoms with Gasteiger partial charge in [-0.15, -0.1) is 0 Å². The predicted molar refractivity (Wildman–Crippen MR) is 97.4 cm³/mol. The normalized spacial score (nSPS) is 14.0. The molecule has 4 nitrogen and oxygen atoms in total. The zero-order valence-electron chi connectivity index (χ0n) is 13.4. The maximum absolute atomic E-state index is 11.2. The Balaban J connectivity index is 3.95. The van der Waals surface area contributed by atoms with E-state index in [2.05, 4.69) is 42.2 Å². The summed E-state index contributed by atoms with van der Waals surface area (Å²) in [6.45, 7) is 10.2. The predicted octanol–water partition coefficient (Wildman–Crippen LogP) is 4.14. The number of carbonyl (C=O) groups is 1. The van der Waals surface area contributed by atoms with Gasteiger partial charge in [-0.25, -0.2) is 4.79 Å². The van der Waals surface area contributed by atoms with E-state index in [1.54, 1.807) is 13.0 Å². The average molecular weight is 426 g/mol. The number of ether oxygens (including phenoxy) is 3. The van der Waals surface area contributed by atoms with Gasteiger partial charge in [0.05, 0.1) is 12.7 Å². The average Bonchev–Trinajstić information content (AvgIpc) is 2.37. The standard InChI is InChI=1S/C15H27IO4Si/c1-5-19-15(17)8-6-7-14(9-10-16)20-13-18-11-12-21(2,3)4/h6,8-10,14H,5,7,11-13H2,1-4H3/b8-6+,10-9+/t14-/m0/s1. The van der Waals surface area contributed by atoms with Crippen LogP contribution in [-0.2, 0) is 19.0 Å². The Morgan fingerprint density at radius 1 is 1.33 bits per heavy atom. The van der Waals surface area contributed by atoms with Crippen LogP contribution in [0.1, 0.15) is 13.3 Å². The summed E-state index contributed by atoms with van der Waals surface area (Å²) in [6.07, 6.45) is 5.68. The van der Waals surface area contributed by atoms with Gasteiger partial charge in [-0.3, -0.25) is 0 Å². The molecule has 0 aliphatic heterocycles. The van der Waals surface area contributed by atoms with Crippen LogP contribution < -0.4 is 0 Å². The second kappa shape index (κ2) is 12.4. The van der Waals surface area contributed by atoms with E-state index in [4.69, 9.17) is 14.2 Å². The maximum Gasteiger partial charge on any atom is 0.330 e. The van der Waals surface area contributed by atoms with Crippen LogP contribution in [-0.4, -0.2) is 40.2 Å². The minimum atomic E-state index is -1.05. The summed E-state index contributed by atoms with van der Waals surface area (Å²) in [4.78, 5) is 11.2. The third kappa shape index (κ3) is 14.5. The fraction of sp³-hybridized carbons (Fsp3) is 0.667. The van der Waals surface area contributed by atoms with Gasteiger partial charge >= 0.3 is 5.97 Å². The summed E-state index contributed by atoms with van der Waals surface area (Å²) in [5, 5.41) is 0. The Hall–Kier alpha value is -0.183. The van der Waals surface area contributed by atoms with E-state index in [1.165, 1.54) is 6.08 Å². The van der Waals surface area contributed by atoms with Crippen LogP contribution in [0.5, 0.6) is 0 Å². The van der Waals surface area contributed by atoms with Gasteiger partial charge in [0.25, 0.3) is 0 Å². The first kappa shape index (κ1) is 20.8. The number of carbonyl (C=O) groups excluding carboxylic acids is 1. The van der Waals surface area contributed by atoms with Gasteiger partial charge in [0.1, 0.15) is 6.79 Å². The maximum atomic E-state index is 11.2. The molecule has 0 saturated carbocycles. The van der Waals surface area contributed by atoms with Crippen LogP contribution >= 0.6 is 22.6 Å². The molecule has 0 radical (unpaired) electrons. The van der Waals surface area contributed by atoms with E-state index in [9.17, 15) is 4.79 Å². The van der Waals surface area contributed by atoms with Crippen molar-refractivity contribution >= 4 is 36.6 Å². The largest absolute Gasteiger partial charge is 0.463 e. The highest BCUT2D eigenvalue weighted by Crippen LogP contribution is 2.08. The number of esters is 1. The van der Waals surface area contributed by atoms with Gasteiger partial charge in [-0.2, -0.15) is 0 Å². The monoisotopic (exact) mass is 426 g/mol. The molecule has 0 aromatic carbocycles. The number of rotatable bonds is 11. The van der Waals surface area contributed by atoms with Gasteiger partial charge in [0.2, 0.25) is 0 Å². The molecule has 122 valence electrons. The molecule has 0 unspecified atom stereocenters. The highest BCUT2D eigenvalue weighted by molar-refractivity contribution is 14.1. The SMILES string of the molecule is CCOC(=O)/C=C/C[C@@H](/C=C/I)OCOCC[Si](C)(C)C. The molecule has 6 heteroatoms. The van der Waals surface area contributed by atoms with Crippen LogP contribution in [0.4, 0.5) is 0 Å². The Morgan fingerprint density at radius 2 is 2.05 bits per heavy atom. The molecule has 0 bridgehead atoms. The minimum absolute atomic E-state index is 0.0838. The van der Waals surface area contributed by atoms with E-state index >= 15 is 0 Å². The third-order valence-electron chi connectivity index (χ3n) is 2.56. The van der Waals surface area contributed by atoms with Gasteiger partial charge in [-0.05, 0) is 29.5 Å². The summed E-state index contributed by atoms with van der Waals surface area (Å²) < 4.78 is 17.9. The van der Waals surface area contributed by atoms with Gasteiger partial charge in [0.15, 0.2) is 0 Å². The lowest BCUT2D eigenvalue weighted by atomic mass is 10.2. The van der Waals surface area contributed by atoms with Crippen molar-refractivity contribution in [3.63, 3.8) is 0 Å². The van der Waals surface area contributed by atoms with E-state index in [-0.39, 0.29) is 18.9 Å². The van der Waals surface area contributed by atoms with Gasteiger partial charge in [0, 0.05) is 20.8 Å². The van der Waals surface area contributed by atoms with E-state index in [0.717, 1.165) is 12.7 Å². The first-order chi connectivity index (χ1) is 9.89. The molecule has 0 rings (SSSR count). The van der Waals surface area contributed by atoms with Crippen molar-refractivity contribution in [3.05, 3.63) is 22.3 Å².